The third-order valence-corrected chi connectivity index (χ3v) is 4.54. The zero-order valence-electron chi connectivity index (χ0n) is 16.1. The number of rotatable bonds is 9. The number of carbonyl (C=O) groups is 3. The molecule has 0 aromatic rings. The number of hydrogen-bond acceptors (Lipinski definition) is 7. The Morgan fingerprint density at radius 3 is 2.50 bits per heavy atom. The predicted molar refractivity (Wildman–Crippen MR) is 98.8 cm³/mol. The van der Waals surface area contributed by atoms with Crippen molar-refractivity contribution in [3.8, 4) is 0 Å². The highest BCUT2D eigenvalue weighted by Crippen LogP contribution is 2.10. The van der Waals surface area contributed by atoms with E-state index in [1.807, 2.05) is 0 Å². The van der Waals surface area contributed by atoms with Gasteiger partial charge in [0, 0.05) is 19.0 Å². The molecule has 2 atom stereocenters. The van der Waals surface area contributed by atoms with Crippen LogP contribution in [0, 0.1) is 0 Å². The molecule has 13 heteroatoms. The molecule has 162 valence electrons. The van der Waals surface area contributed by atoms with Gasteiger partial charge in [0.2, 0.25) is 5.91 Å². The van der Waals surface area contributed by atoms with Crippen molar-refractivity contribution >= 4 is 28.2 Å². The van der Waals surface area contributed by atoms with E-state index in [0.717, 1.165) is 30.7 Å². The molecule has 1 fully saturated rings. The van der Waals surface area contributed by atoms with Crippen molar-refractivity contribution in [1.29, 1.82) is 0 Å². The van der Waals surface area contributed by atoms with Gasteiger partial charge >= 0.3 is 16.4 Å². The van der Waals surface area contributed by atoms with E-state index < -0.39 is 28.4 Å². The topological polar surface area (TPSA) is 166 Å². The molecule has 1 unspecified atom stereocenters. The third-order valence-electron chi connectivity index (χ3n) is 4.25. The summed E-state index contributed by atoms with van der Waals surface area (Å²) < 4.78 is 33.6. The molecule has 1 aliphatic heterocycles. The molecule has 0 radical (unpaired) electrons. The lowest BCUT2D eigenvalue weighted by Gasteiger charge is -2.29. The first-order chi connectivity index (χ1) is 13.2. The van der Waals surface area contributed by atoms with Crippen molar-refractivity contribution in [2.45, 2.75) is 64.5 Å². The van der Waals surface area contributed by atoms with Crippen molar-refractivity contribution in [3.05, 3.63) is 0 Å². The van der Waals surface area contributed by atoms with Gasteiger partial charge < -0.3 is 10.2 Å². The lowest BCUT2D eigenvalue weighted by Crippen LogP contribution is -2.56. The smallest absolute Gasteiger partial charge is 0.313 e. The molecule has 1 saturated heterocycles. The van der Waals surface area contributed by atoms with Gasteiger partial charge in [-0.15, -0.1) is 4.28 Å². The standard InChI is InChI=1S/C15H29N5O7S/c1-3-7-12(20(4-2)15(23)19-27-28(24,25)26)14(22)18-17-13(21)10-11-8-5-6-9-16-11/h11-12,16H,3-10H2,1-2H3,(H,17,21)(H,18,22)(H,19,23)(H,24,25,26)/t11?,12-/m0/s1. The Morgan fingerprint density at radius 2 is 1.96 bits per heavy atom. The second kappa shape index (κ2) is 11.8. The van der Waals surface area contributed by atoms with Crippen LogP contribution in [0.15, 0.2) is 0 Å². The van der Waals surface area contributed by atoms with Crippen LogP contribution < -0.4 is 21.6 Å². The van der Waals surface area contributed by atoms with Gasteiger partial charge in [-0.3, -0.25) is 25.0 Å². The maximum Gasteiger partial charge on any atom is 0.418 e. The predicted octanol–water partition coefficient (Wildman–Crippen LogP) is -0.399. The van der Waals surface area contributed by atoms with Crippen LogP contribution in [0.1, 0.15) is 52.4 Å². The maximum absolute atomic E-state index is 12.5. The zero-order valence-corrected chi connectivity index (χ0v) is 16.9. The summed E-state index contributed by atoms with van der Waals surface area (Å²) in [4.78, 5) is 37.6. The highest BCUT2D eigenvalue weighted by Gasteiger charge is 2.29. The lowest BCUT2D eigenvalue weighted by atomic mass is 10.0. The average molecular weight is 423 g/mol. The summed E-state index contributed by atoms with van der Waals surface area (Å²) in [5.74, 6) is -0.985. The van der Waals surface area contributed by atoms with E-state index in [9.17, 15) is 22.8 Å². The number of urea groups is 1. The fraction of sp³-hybridized carbons (Fsp3) is 0.800. The number of hydroxylamine groups is 1. The van der Waals surface area contributed by atoms with Gasteiger partial charge in [-0.25, -0.2) is 4.79 Å². The molecule has 0 bridgehead atoms. The van der Waals surface area contributed by atoms with Crippen LogP contribution in [-0.2, 0) is 24.3 Å². The number of hydrazine groups is 1. The summed E-state index contributed by atoms with van der Waals surface area (Å²) in [6.45, 7) is 4.29. The summed E-state index contributed by atoms with van der Waals surface area (Å²) in [6.07, 6.45) is 4.03. The van der Waals surface area contributed by atoms with Crippen molar-refractivity contribution in [2.24, 2.45) is 0 Å². The molecule has 0 spiro atoms. The van der Waals surface area contributed by atoms with E-state index in [-0.39, 0.29) is 31.3 Å². The summed E-state index contributed by atoms with van der Waals surface area (Å²) in [6, 6.07) is -1.94. The summed E-state index contributed by atoms with van der Waals surface area (Å²) in [5.41, 5.74) is 6.20. The molecule has 0 aromatic carbocycles. The minimum absolute atomic E-state index is 0.0543. The molecule has 0 aromatic heterocycles. The van der Waals surface area contributed by atoms with Gasteiger partial charge in [0.1, 0.15) is 6.04 Å². The van der Waals surface area contributed by atoms with Crippen LogP contribution in [0.25, 0.3) is 0 Å². The van der Waals surface area contributed by atoms with Crippen LogP contribution in [0.5, 0.6) is 0 Å². The summed E-state index contributed by atoms with van der Waals surface area (Å²) in [7, 11) is -4.88. The molecule has 4 amide bonds. The Bertz CT molecular complexity index is 637. The third kappa shape index (κ3) is 8.82. The Hall–Kier alpha value is -1.96. The molecule has 0 aliphatic carbocycles. The second-order valence-electron chi connectivity index (χ2n) is 6.40. The Balaban J connectivity index is 2.61. The SMILES string of the molecule is CCC[C@@H](C(=O)NNC(=O)CC1CCCCN1)N(CC)C(=O)NOS(=O)(=O)O. The minimum Gasteiger partial charge on any atom is -0.313 e. The molecule has 1 heterocycles. The van der Waals surface area contributed by atoms with Gasteiger partial charge in [-0.1, -0.05) is 19.8 Å². The number of amides is 4. The normalized spacial score (nSPS) is 18.0. The van der Waals surface area contributed by atoms with E-state index in [1.54, 1.807) is 19.3 Å². The molecule has 5 N–H and O–H groups in total. The van der Waals surface area contributed by atoms with E-state index >= 15 is 0 Å². The first-order valence-corrected chi connectivity index (χ1v) is 10.6. The van der Waals surface area contributed by atoms with Crippen molar-refractivity contribution < 1.29 is 31.6 Å². The van der Waals surface area contributed by atoms with E-state index in [0.29, 0.717) is 6.42 Å². The summed E-state index contributed by atoms with van der Waals surface area (Å²) >= 11 is 0. The van der Waals surface area contributed by atoms with Gasteiger partial charge in [-0.2, -0.15) is 13.9 Å². The van der Waals surface area contributed by atoms with Crippen LogP contribution >= 0.6 is 0 Å². The Labute approximate surface area is 164 Å². The summed E-state index contributed by atoms with van der Waals surface area (Å²) in [5, 5.41) is 3.23. The van der Waals surface area contributed by atoms with Crippen LogP contribution in [0.4, 0.5) is 4.79 Å². The van der Waals surface area contributed by atoms with E-state index in [1.165, 1.54) is 0 Å². The number of carbonyl (C=O) groups excluding carboxylic acids is 3. The minimum atomic E-state index is -4.88. The number of piperidine rings is 1. The van der Waals surface area contributed by atoms with Crippen molar-refractivity contribution in [1.82, 2.24) is 26.5 Å². The fourth-order valence-electron chi connectivity index (χ4n) is 2.94. The van der Waals surface area contributed by atoms with Gasteiger partial charge in [0.15, 0.2) is 0 Å². The average Bonchev–Trinajstić information content (AvgIpc) is 2.64. The van der Waals surface area contributed by atoms with Gasteiger partial charge in [-0.05, 0) is 32.7 Å². The monoisotopic (exact) mass is 423 g/mol. The number of nitrogens with zero attached hydrogens (tertiary/aromatic N) is 1. The van der Waals surface area contributed by atoms with Crippen molar-refractivity contribution in [2.75, 3.05) is 13.1 Å². The first-order valence-electron chi connectivity index (χ1n) is 9.22. The molecule has 28 heavy (non-hydrogen) atoms. The van der Waals surface area contributed by atoms with Gasteiger partial charge in [0.25, 0.3) is 5.91 Å². The first kappa shape index (κ1) is 24.1. The molecule has 1 rings (SSSR count). The largest absolute Gasteiger partial charge is 0.418 e. The second-order valence-corrected chi connectivity index (χ2v) is 7.42. The number of nitrogens with one attached hydrogen (secondary N) is 4. The molecular weight excluding hydrogens is 394 g/mol. The number of likely N-dealkylation sites (N-methyl/N-ethyl adjacent to an activating group) is 1. The van der Waals surface area contributed by atoms with Gasteiger partial charge in [0.05, 0.1) is 0 Å². The van der Waals surface area contributed by atoms with Crippen LogP contribution in [-0.4, -0.2) is 60.9 Å². The van der Waals surface area contributed by atoms with Crippen LogP contribution in [0.2, 0.25) is 0 Å². The zero-order chi connectivity index (χ0) is 21.2. The quantitative estimate of drug-likeness (QED) is 0.247. The highest BCUT2D eigenvalue weighted by molar-refractivity contribution is 7.80. The van der Waals surface area contributed by atoms with E-state index in [4.69, 9.17) is 4.55 Å². The van der Waals surface area contributed by atoms with E-state index in [2.05, 4.69) is 20.5 Å². The number of hydrogen-bond donors (Lipinski definition) is 5. The van der Waals surface area contributed by atoms with Crippen molar-refractivity contribution in [3.63, 3.8) is 0 Å². The lowest BCUT2D eigenvalue weighted by molar-refractivity contribution is -0.132. The Morgan fingerprint density at radius 1 is 1.25 bits per heavy atom. The molecule has 12 nitrogen and oxygen atoms in total. The highest BCUT2D eigenvalue weighted by atomic mass is 32.3. The maximum atomic E-state index is 12.5. The fourth-order valence-corrected chi connectivity index (χ4v) is 3.12. The molecule has 1 aliphatic rings. The molecular formula is C15H29N5O7S. The molecule has 0 saturated carbocycles. The van der Waals surface area contributed by atoms with Crippen LogP contribution in [0.3, 0.4) is 0 Å². The Kier molecular flexibility index (Phi) is 10.1.